The van der Waals surface area contributed by atoms with Gasteiger partial charge in [0, 0.05) is 5.75 Å². The lowest BCUT2D eigenvalue weighted by Crippen LogP contribution is -1.91. The van der Waals surface area contributed by atoms with Crippen LogP contribution >= 0.6 is 23.5 Å². The third-order valence-corrected chi connectivity index (χ3v) is 3.07. The summed E-state index contributed by atoms with van der Waals surface area (Å²) in [7, 11) is 0. The molecule has 0 aromatic heterocycles. The first-order valence-electron chi connectivity index (χ1n) is 3.14. The van der Waals surface area contributed by atoms with E-state index in [2.05, 4.69) is 11.9 Å². The van der Waals surface area contributed by atoms with Crippen molar-refractivity contribution >= 4 is 34.5 Å². The average molecular weight is 175 g/mol. The monoisotopic (exact) mass is 175 g/mol. The van der Waals surface area contributed by atoms with Crippen LogP contribution in [0.5, 0.6) is 0 Å². The van der Waals surface area contributed by atoms with E-state index in [0.29, 0.717) is 5.75 Å². The van der Waals surface area contributed by atoms with E-state index in [4.69, 9.17) is 0 Å². The largest absolute Gasteiger partial charge is 0.272 e. The molecule has 56 valence electrons. The highest BCUT2D eigenvalue weighted by Crippen LogP contribution is 2.16. The predicted octanol–water partition coefficient (Wildman–Crippen LogP) is 1.41. The lowest BCUT2D eigenvalue weighted by molar-refractivity contribution is -0.115. The van der Waals surface area contributed by atoms with Crippen molar-refractivity contribution < 1.29 is 4.79 Å². The standard InChI is InChI=1S/C6H9NOS2/c1-2-9-4-6-7-5(8)3-10-6/h2-4H2,1H3. The molecule has 0 saturated carbocycles. The van der Waals surface area contributed by atoms with Crippen molar-refractivity contribution in [1.82, 2.24) is 0 Å². The van der Waals surface area contributed by atoms with E-state index < -0.39 is 0 Å². The second kappa shape index (κ2) is 4.03. The molecule has 0 aromatic carbocycles. The van der Waals surface area contributed by atoms with Gasteiger partial charge in [-0.1, -0.05) is 18.7 Å². The first-order valence-corrected chi connectivity index (χ1v) is 5.28. The van der Waals surface area contributed by atoms with Crippen LogP contribution in [-0.2, 0) is 4.79 Å². The Morgan fingerprint density at radius 2 is 2.60 bits per heavy atom. The highest BCUT2D eigenvalue weighted by molar-refractivity contribution is 8.17. The zero-order valence-corrected chi connectivity index (χ0v) is 7.43. The summed E-state index contributed by atoms with van der Waals surface area (Å²) in [5, 5.41) is 0.997. The Kier molecular flexibility index (Phi) is 3.28. The minimum Gasteiger partial charge on any atom is -0.272 e. The normalized spacial score (nSPS) is 17.7. The summed E-state index contributed by atoms with van der Waals surface area (Å²) in [5.41, 5.74) is 0. The number of rotatable bonds is 3. The van der Waals surface area contributed by atoms with Gasteiger partial charge in [-0.15, -0.1) is 0 Å². The van der Waals surface area contributed by atoms with Crippen LogP contribution < -0.4 is 0 Å². The molecule has 0 N–H and O–H groups in total. The number of carbonyl (C=O) groups is 1. The third-order valence-electron chi connectivity index (χ3n) is 1.04. The third kappa shape index (κ3) is 2.34. The fourth-order valence-electron chi connectivity index (χ4n) is 0.612. The Bertz CT molecular complexity index is 167. The molecule has 4 heteroatoms. The Balaban J connectivity index is 2.28. The maximum Gasteiger partial charge on any atom is 0.256 e. The summed E-state index contributed by atoms with van der Waals surface area (Å²) in [6.45, 7) is 2.10. The molecule has 0 unspecified atom stereocenters. The molecular weight excluding hydrogens is 166 g/mol. The van der Waals surface area contributed by atoms with Gasteiger partial charge in [-0.05, 0) is 5.75 Å². The van der Waals surface area contributed by atoms with Gasteiger partial charge in [-0.3, -0.25) is 4.79 Å². The number of thioether (sulfide) groups is 2. The minimum absolute atomic E-state index is 0.0247. The van der Waals surface area contributed by atoms with Gasteiger partial charge >= 0.3 is 0 Å². The van der Waals surface area contributed by atoms with E-state index in [0.717, 1.165) is 16.5 Å². The quantitative estimate of drug-likeness (QED) is 0.649. The summed E-state index contributed by atoms with van der Waals surface area (Å²) >= 11 is 3.37. The Hall–Kier alpha value is 0.0400. The Labute approximate surface area is 68.9 Å². The van der Waals surface area contributed by atoms with Gasteiger partial charge in [0.2, 0.25) is 0 Å². The van der Waals surface area contributed by atoms with Gasteiger partial charge in [0.15, 0.2) is 0 Å². The fraction of sp³-hybridized carbons (Fsp3) is 0.667. The van der Waals surface area contributed by atoms with Crippen molar-refractivity contribution in [2.45, 2.75) is 6.92 Å². The van der Waals surface area contributed by atoms with Crippen LogP contribution in [0.15, 0.2) is 4.99 Å². The molecule has 1 aliphatic rings. The maximum absolute atomic E-state index is 10.6. The molecule has 0 saturated heterocycles. The van der Waals surface area contributed by atoms with Crippen LogP contribution in [0.1, 0.15) is 6.92 Å². The van der Waals surface area contributed by atoms with Crippen LogP contribution in [0, 0.1) is 0 Å². The van der Waals surface area contributed by atoms with Gasteiger partial charge < -0.3 is 0 Å². The number of carbonyl (C=O) groups excluding carboxylic acids is 1. The van der Waals surface area contributed by atoms with Crippen molar-refractivity contribution in [1.29, 1.82) is 0 Å². The van der Waals surface area contributed by atoms with E-state index in [9.17, 15) is 4.79 Å². The lowest BCUT2D eigenvalue weighted by Gasteiger charge is -1.93. The second-order valence-electron chi connectivity index (χ2n) is 1.83. The van der Waals surface area contributed by atoms with Crippen LogP contribution in [0.4, 0.5) is 0 Å². The summed E-state index contributed by atoms with van der Waals surface area (Å²) in [6, 6.07) is 0. The highest BCUT2D eigenvalue weighted by atomic mass is 32.2. The van der Waals surface area contributed by atoms with Gasteiger partial charge in [-0.2, -0.15) is 11.8 Å². The number of aliphatic imine (C=N–C) groups is 1. The molecule has 0 spiro atoms. The molecule has 0 aromatic rings. The first kappa shape index (κ1) is 8.14. The van der Waals surface area contributed by atoms with Crippen LogP contribution in [0.25, 0.3) is 0 Å². The number of hydrogen-bond acceptors (Lipinski definition) is 3. The van der Waals surface area contributed by atoms with Crippen LogP contribution in [0.2, 0.25) is 0 Å². The van der Waals surface area contributed by atoms with Gasteiger partial charge in [-0.25, -0.2) is 4.99 Å². The van der Waals surface area contributed by atoms with Crippen molar-refractivity contribution in [3.63, 3.8) is 0 Å². The summed E-state index contributed by atoms with van der Waals surface area (Å²) in [5.74, 6) is 2.58. The van der Waals surface area contributed by atoms with Crippen LogP contribution in [0.3, 0.4) is 0 Å². The molecule has 0 aliphatic carbocycles. The Morgan fingerprint density at radius 3 is 3.10 bits per heavy atom. The predicted molar refractivity (Wildman–Crippen MR) is 47.9 cm³/mol. The summed E-state index contributed by atoms with van der Waals surface area (Å²) in [4.78, 5) is 14.4. The van der Waals surface area contributed by atoms with Gasteiger partial charge in [0.25, 0.3) is 5.91 Å². The number of amides is 1. The molecule has 10 heavy (non-hydrogen) atoms. The molecule has 1 heterocycles. The minimum atomic E-state index is 0.0247. The summed E-state index contributed by atoms with van der Waals surface area (Å²) < 4.78 is 0. The molecule has 0 atom stereocenters. The smallest absolute Gasteiger partial charge is 0.256 e. The SMILES string of the molecule is CCSCC1=NC(=O)CS1. The van der Waals surface area contributed by atoms with E-state index in [-0.39, 0.29) is 5.91 Å². The molecule has 0 fully saturated rings. The van der Waals surface area contributed by atoms with Crippen molar-refractivity contribution in [2.75, 3.05) is 17.3 Å². The van der Waals surface area contributed by atoms with E-state index in [1.165, 1.54) is 0 Å². The van der Waals surface area contributed by atoms with E-state index in [1.807, 2.05) is 0 Å². The van der Waals surface area contributed by atoms with Gasteiger partial charge in [0.05, 0.1) is 10.8 Å². The van der Waals surface area contributed by atoms with Crippen molar-refractivity contribution in [3.8, 4) is 0 Å². The van der Waals surface area contributed by atoms with Crippen LogP contribution in [-0.4, -0.2) is 28.2 Å². The number of nitrogens with zero attached hydrogens (tertiary/aromatic N) is 1. The lowest BCUT2D eigenvalue weighted by atomic mass is 10.7. The molecular formula is C6H9NOS2. The molecule has 1 amide bonds. The molecule has 0 radical (unpaired) electrons. The molecule has 1 aliphatic heterocycles. The van der Waals surface area contributed by atoms with Crippen molar-refractivity contribution in [3.05, 3.63) is 0 Å². The zero-order chi connectivity index (χ0) is 7.40. The fourth-order valence-corrected chi connectivity index (χ4v) is 2.16. The Morgan fingerprint density at radius 1 is 1.80 bits per heavy atom. The zero-order valence-electron chi connectivity index (χ0n) is 5.79. The average Bonchev–Trinajstić information content (AvgIpc) is 2.31. The highest BCUT2D eigenvalue weighted by Gasteiger charge is 2.13. The first-order chi connectivity index (χ1) is 4.83. The molecule has 0 bridgehead atoms. The van der Waals surface area contributed by atoms with E-state index in [1.54, 1.807) is 23.5 Å². The molecule has 2 nitrogen and oxygen atoms in total. The topological polar surface area (TPSA) is 29.4 Å². The van der Waals surface area contributed by atoms with Gasteiger partial charge in [0.1, 0.15) is 0 Å². The summed E-state index contributed by atoms with van der Waals surface area (Å²) in [6.07, 6.45) is 0. The number of hydrogen-bond donors (Lipinski definition) is 0. The van der Waals surface area contributed by atoms with E-state index >= 15 is 0 Å². The van der Waals surface area contributed by atoms with Crippen molar-refractivity contribution in [2.24, 2.45) is 4.99 Å². The maximum atomic E-state index is 10.6. The molecule has 1 rings (SSSR count). The second-order valence-corrected chi connectivity index (χ2v) is 4.15.